The molecule has 0 radical (unpaired) electrons. The molecule has 3 heteroatoms. The maximum Gasteiger partial charge on any atom is 0.0606 e. The van der Waals surface area contributed by atoms with Crippen LogP contribution in [0.25, 0.3) is 0 Å². The van der Waals surface area contributed by atoms with Gasteiger partial charge in [0.05, 0.1) is 4.05 Å². The van der Waals surface area contributed by atoms with Crippen LogP contribution in [0, 0.1) is 5.92 Å². The summed E-state index contributed by atoms with van der Waals surface area (Å²) in [5.74, 6) is 0.570. The lowest BCUT2D eigenvalue weighted by Gasteiger charge is -2.11. The van der Waals surface area contributed by atoms with E-state index in [0.29, 0.717) is 5.92 Å². The molecule has 0 aromatic carbocycles. The fourth-order valence-electron chi connectivity index (χ4n) is 0.435. The van der Waals surface area contributed by atoms with Crippen molar-refractivity contribution >= 4 is 22.6 Å². The Morgan fingerprint density at radius 2 is 2.25 bits per heavy atom. The molecule has 0 rings (SSSR count). The molecule has 0 bridgehead atoms. The SMILES string of the molecule is CNC[C@H](C)[C@@H](N)I. The van der Waals surface area contributed by atoms with E-state index in [0.717, 1.165) is 6.54 Å². The van der Waals surface area contributed by atoms with Gasteiger partial charge in [-0.2, -0.15) is 0 Å². The van der Waals surface area contributed by atoms with Crippen LogP contribution in [0.3, 0.4) is 0 Å². The molecule has 3 N–H and O–H groups in total. The maximum atomic E-state index is 5.57. The zero-order chi connectivity index (χ0) is 6.57. The minimum atomic E-state index is 0.278. The first-order chi connectivity index (χ1) is 3.68. The van der Waals surface area contributed by atoms with Crippen molar-refractivity contribution in [1.82, 2.24) is 5.32 Å². The molecule has 0 aliphatic carbocycles. The summed E-state index contributed by atoms with van der Waals surface area (Å²) < 4.78 is 0.278. The minimum absolute atomic E-state index is 0.278. The Bertz CT molecular complexity index is 56.4. The average Bonchev–Trinajstić information content (AvgIpc) is 1.67. The summed E-state index contributed by atoms with van der Waals surface area (Å²) in [4.78, 5) is 0. The molecular weight excluding hydrogens is 215 g/mol. The van der Waals surface area contributed by atoms with Gasteiger partial charge in [0.15, 0.2) is 0 Å². The molecule has 0 aromatic heterocycles. The van der Waals surface area contributed by atoms with E-state index in [4.69, 9.17) is 5.73 Å². The zero-order valence-corrected chi connectivity index (χ0v) is 7.47. The number of halogens is 1. The van der Waals surface area contributed by atoms with E-state index in [-0.39, 0.29) is 4.05 Å². The van der Waals surface area contributed by atoms with Gasteiger partial charge in [0, 0.05) is 0 Å². The van der Waals surface area contributed by atoms with Crippen molar-refractivity contribution in [2.24, 2.45) is 11.7 Å². The highest BCUT2D eigenvalue weighted by atomic mass is 127. The van der Waals surface area contributed by atoms with E-state index in [1.165, 1.54) is 0 Å². The molecule has 0 fully saturated rings. The second-order valence-corrected chi connectivity index (χ2v) is 3.42. The fourth-order valence-corrected chi connectivity index (χ4v) is 0.689. The average molecular weight is 228 g/mol. The largest absolute Gasteiger partial charge is 0.319 e. The van der Waals surface area contributed by atoms with Crippen molar-refractivity contribution in [2.45, 2.75) is 11.0 Å². The second-order valence-electron chi connectivity index (χ2n) is 1.98. The molecule has 8 heavy (non-hydrogen) atoms. The van der Waals surface area contributed by atoms with Crippen molar-refractivity contribution in [1.29, 1.82) is 0 Å². The predicted molar refractivity (Wildman–Crippen MR) is 45.1 cm³/mol. The summed E-state index contributed by atoms with van der Waals surface area (Å²) in [5, 5.41) is 3.06. The molecule has 0 saturated heterocycles. The molecular formula is C5H13IN2. The Morgan fingerprint density at radius 3 is 2.38 bits per heavy atom. The van der Waals surface area contributed by atoms with Crippen LogP contribution in [0.15, 0.2) is 0 Å². The number of alkyl halides is 1. The third-order valence-corrected chi connectivity index (χ3v) is 2.30. The van der Waals surface area contributed by atoms with Crippen molar-refractivity contribution in [2.75, 3.05) is 13.6 Å². The standard InChI is InChI=1S/C5H13IN2/c1-4(3-8-2)5(6)7/h4-5,8H,3,7H2,1-2H3/t4-,5+/m0/s1. The van der Waals surface area contributed by atoms with Gasteiger partial charge in [-0.3, -0.25) is 0 Å². The lowest BCUT2D eigenvalue weighted by molar-refractivity contribution is 0.541. The van der Waals surface area contributed by atoms with E-state index in [1.54, 1.807) is 0 Å². The molecule has 2 nitrogen and oxygen atoms in total. The van der Waals surface area contributed by atoms with Crippen molar-refractivity contribution < 1.29 is 0 Å². The summed E-state index contributed by atoms with van der Waals surface area (Å²) >= 11 is 2.23. The predicted octanol–water partition coefficient (Wildman–Crippen LogP) is 0.562. The summed E-state index contributed by atoms with van der Waals surface area (Å²) in [6, 6.07) is 0. The highest BCUT2D eigenvalue weighted by Crippen LogP contribution is 2.04. The van der Waals surface area contributed by atoms with Gasteiger partial charge in [-0.15, -0.1) is 0 Å². The molecule has 0 aromatic rings. The molecule has 0 amide bonds. The number of hydrogen-bond acceptors (Lipinski definition) is 2. The van der Waals surface area contributed by atoms with Crippen LogP contribution in [0.1, 0.15) is 6.92 Å². The molecule has 50 valence electrons. The third kappa shape index (κ3) is 3.63. The molecule has 2 atom stereocenters. The van der Waals surface area contributed by atoms with Gasteiger partial charge < -0.3 is 11.1 Å². The smallest absolute Gasteiger partial charge is 0.0606 e. The monoisotopic (exact) mass is 228 g/mol. The van der Waals surface area contributed by atoms with Gasteiger partial charge in [0.2, 0.25) is 0 Å². The van der Waals surface area contributed by atoms with Gasteiger partial charge in [-0.05, 0) is 19.5 Å². The van der Waals surface area contributed by atoms with Crippen LogP contribution < -0.4 is 11.1 Å². The molecule has 0 aliphatic heterocycles. The van der Waals surface area contributed by atoms with E-state index < -0.39 is 0 Å². The first-order valence-corrected chi connectivity index (χ1v) is 3.97. The Labute approximate surface area is 64.4 Å². The summed E-state index contributed by atoms with van der Waals surface area (Å²) in [5.41, 5.74) is 5.57. The van der Waals surface area contributed by atoms with Gasteiger partial charge >= 0.3 is 0 Å². The highest BCUT2D eigenvalue weighted by molar-refractivity contribution is 14.1. The first-order valence-electron chi connectivity index (χ1n) is 2.72. The third-order valence-electron chi connectivity index (χ3n) is 1.07. The number of nitrogens with one attached hydrogen (secondary N) is 1. The molecule has 0 saturated carbocycles. The topological polar surface area (TPSA) is 38.0 Å². The van der Waals surface area contributed by atoms with Crippen LogP contribution in [0.5, 0.6) is 0 Å². The summed E-state index contributed by atoms with van der Waals surface area (Å²) in [6.45, 7) is 3.14. The first kappa shape index (κ1) is 8.65. The Balaban J connectivity index is 3.17. The number of nitrogens with two attached hydrogens (primary N) is 1. The number of rotatable bonds is 3. The summed E-state index contributed by atoms with van der Waals surface area (Å²) in [6.07, 6.45) is 0. The lowest BCUT2D eigenvalue weighted by Crippen LogP contribution is -2.29. The normalized spacial score (nSPS) is 18.0. The van der Waals surface area contributed by atoms with Crippen LogP contribution >= 0.6 is 22.6 Å². The Morgan fingerprint density at radius 1 is 1.75 bits per heavy atom. The fraction of sp³-hybridized carbons (Fsp3) is 1.00. The molecule has 0 spiro atoms. The van der Waals surface area contributed by atoms with Gasteiger partial charge in [0.1, 0.15) is 0 Å². The van der Waals surface area contributed by atoms with Gasteiger partial charge in [-0.1, -0.05) is 29.5 Å². The van der Waals surface area contributed by atoms with Gasteiger partial charge in [0.25, 0.3) is 0 Å². The number of hydrogen-bond donors (Lipinski definition) is 2. The maximum absolute atomic E-state index is 5.57. The molecule has 0 unspecified atom stereocenters. The van der Waals surface area contributed by atoms with Crippen LogP contribution in [0.2, 0.25) is 0 Å². The van der Waals surface area contributed by atoms with Crippen LogP contribution in [-0.4, -0.2) is 17.6 Å². The zero-order valence-electron chi connectivity index (χ0n) is 5.32. The van der Waals surface area contributed by atoms with E-state index >= 15 is 0 Å². The second kappa shape index (κ2) is 4.52. The van der Waals surface area contributed by atoms with Crippen molar-refractivity contribution in [3.05, 3.63) is 0 Å². The van der Waals surface area contributed by atoms with Crippen molar-refractivity contribution in [3.63, 3.8) is 0 Å². The lowest BCUT2D eigenvalue weighted by atomic mass is 10.2. The Hall–Kier alpha value is 0.650. The summed E-state index contributed by atoms with van der Waals surface area (Å²) in [7, 11) is 1.94. The molecule has 0 aliphatic rings. The van der Waals surface area contributed by atoms with E-state index in [9.17, 15) is 0 Å². The molecule has 0 heterocycles. The van der Waals surface area contributed by atoms with Crippen LogP contribution in [-0.2, 0) is 0 Å². The van der Waals surface area contributed by atoms with Gasteiger partial charge in [-0.25, -0.2) is 0 Å². The van der Waals surface area contributed by atoms with E-state index in [2.05, 4.69) is 34.8 Å². The van der Waals surface area contributed by atoms with Crippen molar-refractivity contribution in [3.8, 4) is 0 Å². The highest BCUT2D eigenvalue weighted by Gasteiger charge is 2.05. The Kier molecular flexibility index (Phi) is 4.89. The van der Waals surface area contributed by atoms with E-state index in [1.807, 2.05) is 7.05 Å². The van der Waals surface area contributed by atoms with Crippen LogP contribution in [0.4, 0.5) is 0 Å². The quantitative estimate of drug-likeness (QED) is 0.421. The minimum Gasteiger partial charge on any atom is -0.319 e.